The Morgan fingerprint density at radius 1 is 1.44 bits per heavy atom. The lowest BCUT2D eigenvalue weighted by molar-refractivity contribution is -0.141. The summed E-state index contributed by atoms with van der Waals surface area (Å²) in [5.74, 6) is -1.04. The van der Waals surface area contributed by atoms with Crippen molar-refractivity contribution in [1.82, 2.24) is 10.2 Å². The van der Waals surface area contributed by atoms with Crippen molar-refractivity contribution in [3.8, 4) is 0 Å². The van der Waals surface area contributed by atoms with Crippen molar-refractivity contribution in [2.24, 2.45) is 5.92 Å². The van der Waals surface area contributed by atoms with Gasteiger partial charge < -0.3 is 15.3 Å². The fourth-order valence-corrected chi connectivity index (χ4v) is 2.56. The molecule has 1 fully saturated rings. The minimum atomic E-state index is -0.747. The minimum Gasteiger partial charge on any atom is -0.481 e. The van der Waals surface area contributed by atoms with Crippen LogP contribution in [0.4, 0.5) is 4.79 Å². The highest BCUT2D eigenvalue weighted by molar-refractivity contribution is 5.75. The molecule has 0 saturated heterocycles. The van der Waals surface area contributed by atoms with Crippen LogP contribution in [0, 0.1) is 5.92 Å². The van der Waals surface area contributed by atoms with E-state index in [1.807, 2.05) is 0 Å². The molecule has 0 bridgehead atoms. The largest absolute Gasteiger partial charge is 0.481 e. The smallest absolute Gasteiger partial charge is 0.317 e. The molecule has 2 aliphatic rings. The van der Waals surface area contributed by atoms with E-state index in [9.17, 15) is 9.59 Å². The maximum Gasteiger partial charge on any atom is 0.317 e. The van der Waals surface area contributed by atoms with Gasteiger partial charge in [0.25, 0.3) is 0 Å². The average Bonchev–Trinajstić information content (AvgIpc) is 2.78. The van der Waals surface area contributed by atoms with Gasteiger partial charge in [-0.05, 0) is 32.6 Å². The Balaban J connectivity index is 1.80. The Labute approximate surface area is 107 Å². The Morgan fingerprint density at radius 3 is 2.78 bits per heavy atom. The van der Waals surface area contributed by atoms with E-state index in [2.05, 4.69) is 18.3 Å². The van der Waals surface area contributed by atoms with Crippen molar-refractivity contribution < 1.29 is 14.7 Å². The molecule has 5 nitrogen and oxygen atoms in total. The zero-order valence-electron chi connectivity index (χ0n) is 10.7. The third-order valence-corrected chi connectivity index (χ3v) is 3.83. The molecule has 0 radical (unpaired) electrons. The third kappa shape index (κ3) is 3.03. The quantitative estimate of drug-likeness (QED) is 0.733. The normalized spacial score (nSPS) is 27.8. The highest BCUT2D eigenvalue weighted by Gasteiger charge is 2.31. The molecule has 0 unspecified atom stereocenters. The highest BCUT2D eigenvalue weighted by atomic mass is 16.4. The molecule has 5 heteroatoms. The molecule has 2 amide bonds. The Kier molecular flexibility index (Phi) is 3.89. The summed E-state index contributed by atoms with van der Waals surface area (Å²) < 4.78 is 0. The van der Waals surface area contributed by atoms with E-state index in [-0.39, 0.29) is 18.0 Å². The van der Waals surface area contributed by atoms with Gasteiger partial charge in [0.1, 0.15) is 0 Å². The summed E-state index contributed by atoms with van der Waals surface area (Å²) in [7, 11) is 0. The number of carbonyl (C=O) groups is 2. The number of hydrogen-bond acceptors (Lipinski definition) is 2. The predicted octanol–water partition coefficient (Wildman–Crippen LogP) is 1.60. The van der Waals surface area contributed by atoms with Crippen LogP contribution >= 0.6 is 0 Å². The van der Waals surface area contributed by atoms with Crippen LogP contribution in [-0.4, -0.2) is 41.1 Å². The molecule has 100 valence electrons. The number of carboxylic acid groups (broad SMARTS) is 1. The Hall–Kier alpha value is -1.52. The van der Waals surface area contributed by atoms with Crippen LogP contribution in [0.15, 0.2) is 11.6 Å². The highest BCUT2D eigenvalue weighted by Crippen LogP contribution is 2.25. The lowest BCUT2D eigenvalue weighted by Gasteiger charge is -2.27. The second kappa shape index (κ2) is 5.42. The first-order chi connectivity index (χ1) is 8.56. The second-order valence-corrected chi connectivity index (χ2v) is 5.24. The number of hydrogen-bond donors (Lipinski definition) is 2. The second-order valence-electron chi connectivity index (χ2n) is 5.24. The van der Waals surface area contributed by atoms with Crippen molar-refractivity contribution in [2.45, 2.75) is 38.6 Å². The molecule has 1 aliphatic carbocycles. The fourth-order valence-electron chi connectivity index (χ4n) is 2.56. The molecule has 18 heavy (non-hydrogen) atoms. The standard InChI is InChI=1S/C13H20N2O3/c1-9-4-6-15(7-5-9)13(18)14-11-3-2-10(8-11)12(16)17/h4,10-11H,2-3,5-8H2,1H3,(H,14,18)(H,16,17)/t10-,11+/m1/s1. The summed E-state index contributed by atoms with van der Waals surface area (Å²) >= 11 is 0. The average molecular weight is 252 g/mol. The van der Waals surface area contributed by atoms with Crippen molar-refractivity contribution in [3.63, 3.8) is 0 Å². The van der Waals surface area contributed by atoms with Crippen LogP contribution in [0.5, 0.6) is 0 Å². The van der Waals surface area contributed by atoms with E-state index in [1.54, 1.807) is 4.90 Å². The van der Waals surface area contributed by atoms with E-state index < -0.39 is 5.97 Å². The number of nitrogens with zero attached hydrogens (tertiary/aromatic N) is 1. The first-order valence-corrected chi connectivity index (χ1v) is 6.50. The monoisotopic (exact) mass is 252 g/mol. The van der Waals surface area contributed by atoms with Crippen LogP contribution in [-0.2, 0) is 4.79 Å². The molecule has 0 spiro atoms. The van der Waals surface area contributed by atoms with Crippen LogP contribution < -0.4 is 5.32 Å². The summed E-state index contributed by atoms with van der Waals surface area (Å²) in [5.41, 5.74) is 1.32. The molecule has 0 aromatic rings. The van der Waals surface area contributed by atoms with Crippen LogP contribution in [0.2, 0.25) is 0 Å². The van der Waals surface area contributed by atoms with Gasteiger partial charge in [0.05, 0.1) is 5.92 Å². The Morgan fingerprint density at radius 2 is 2.22 bits per heavy atom. The number of nitrogens with one attached hydrogen (secondary N) is 1. The molecule has 0 aromatic heterocycles. The van der Waals surface area contributed by atoms with E-state index in [0.29, 0.717) is 19.4 Å². The van der Waals surface area contributed by atoms with Gasteiger partial charge in [-0.1, -0.05) is 11.6 Å². The van der Waals surface area contributed by atoms with Crippen molar-refractivity contribution in [3.05, 3.63) is 11.6 Å². The fraction of sp³-hybridized carbons (Fsp3) is 0.692. The number of aliphatic carboxylic acids is 1. The van der Waals surface area contributed by atoms with Crippen LogP contribution in [0.1, 0.15) is 32.6 Å². The summed E-state index contributed by atoms with van der Waals surface area (Å²) in [4.78, 5) is 24.6. The number of rotatable bonds is 2. The molecule has 1 aliphatic heterocycles. The van der Waals surface area contributed by atoms with Gasteiger partial charge in [0.15, 0.2) is 0 Å². The van der Waals surface area contributed by atoms with E-state index >= 15 is 0 Å². The number of carbonyl (C=O) groups excluding carboxylic acids is 1. The van der Waals surface area contributed by atoms with E-state index in [0.717, 1.165) is 19.4 Å². The topological polar surface area (TPSA) is 69.6 Å². The van der Waals surface area contributed by atoms with Crippen molar-refractivity contribution >= 4 is 12.0 Å². The van der Waals surface area contributed by atoms with Gasteiger partial charge in [-0.15, -0.1) is 0 Å². The minimum absolute atomic E-state index is 0.0191. The van der Waals surface area contributed by atoms with E-state index in [4.69, 9.17) is 5.11 Å². The van der Waals surface area contributed by atoms with Gasteiger partial charge in [-0.3, -0.25) is 4.79 Å². The maximum atomic E-state index is 12.0. The van der Waals surface area contributed by atoms with Gasteiger partial charge in [0.2, 0.25) is 0 Å². The lowest BCUT2D eigenvalue weighted by Crippen LogP contribution is -2.45. The lowest BCUT2D eigenvalue weighted by atomic mass is 10.1. The zero-order valence-corrected chi connectivity index (χ0v) is 10.7. The summed E-state index contributed by atoms with van der Waals surface area (Å²) in [5, 5.41) is 11.9. The maximum absolute atomic E-state index is 12.0. The Bertz CT molecular complexity index is 378. The van der Waals surface area contributed by atoms with Crippen LogP contribution in [0.25, 0.3) is 0 Å². The summed E-state index contributed by atoms with van der Waals surface area (Å²) in [6.45, 7) is 3.49. The third-order valence-electron chi connectivity index (χ3n) is 3.83. The van der Waals surface area contributed by atoms with E-state index in [1.165, 1.54) is 5.57 Å². The molecule has 2 rings (SSSR count). The number of amides is 2. The first-order valence-electron chi connectivity index (χ1n) is 6.50. The number of urea groups is 1. The van der Waals surface area contributed by atoms with Gasteiger partial charge in [-0.2, -0.15) is 0 Å². The first kappa shape index (κ1) is 12.9. The predicted molar refractivity (Wildman–Crippen MR) is 67.2 cm³/mol. The summed E-state index contributed by atoms with van der Waals surface area (Å²) in [6.07, 6.45) is 4.99. The number of carboxylic acids is 1. The molecular formula is C13H20N2O3. The van der Waals surface area contributed by atoms with Gasteiger partial charge in [0, 0.05) is 19.1 Å². The summed E-state index contributed by atoms with van der Waals surface area (Å²) in [6, 6.07) is -0.0413. The molecule has 2 N–H and O–H groups in total. The van der Waals surface area contributed by atoms with Gasteiger partial charge >= 0.3 is 12.0 Å². The van der Waals surface area contributed by atoms with Crippen molar-refractivity contribution in [2.75, 3.05) is 13.1 Å². The van der Waals surface area contributed by atoms with Crippen molar-refractivity contribution in [1.29, 1.82) is 0 Å². The molecular weight excluding hydrogens is 232 g/mol. The van der Waals surface area contributed by atoms with Gasteiger partial charge in [-0.25, -0.2) is 4.79 Å². The molecule has 2 atom stereocenters. The molecule has 1 heterocycles. The SMILES string of the molecule is CC1=CCN(C(=O)N[C@H]2CC[C@@H](C(=O)O)C2)CC1. The zero-order chi connectivity index (χ0) is 13.1. The van der Waals surface area contributed by atoms with Crippen LogP contribution in [0.3, 0.4) is 0 Å². The molecule has 1 saturated carbocycles. The molecule has 0 aromatic carbocycles.